The van der Waals surface area contributed by atoms with Crippen LogP contribution in [0.3, 0.4) is 0 Å². The van der Waals surface area contributed by atoms with Crippen LogP contribution in [0.5, 0.6) is 5.88 Å². The van der Waals surface area contributed by atoms with E-state index in [4.69, 9.17) is 16.3 Å². The van der Waals surface area contributed by atoms with Gasteiger partial charge in [-0.05, 0) is 47.7 Å². The molecule has 1 saturated carbocycles. The minimum atomic E-state index is -0.0520. The molecule has 1 aliphatic rings. The van der Waals surface area contributed by atoms with Crippen LogP contribution >= 0.6 is 11.6 Å². The van der Waals surface area contributed by atoms with Crippen LogP contribution in [-0.2, 0) is 0 Å². The molecule has 0 amide bonds. The monoisotopic (exact) mass is 283 g/mol. The van der Waals surface area contributed by atoms with Crippen LogP contribution in [0.15, 0.2) is 0 Å². The molecule has 5 heteroatoms. The van der Waals surface area contributed by atoms with Gasteiger partial charge >= 0.3 is 0 Å². The summed E-state index contributed by atoms with van der Waals surface area (Å²) in [4.78, 5) is 11.0. The van der Waals surface area contributed by atoms with Crippen LogP contribution in [0.2, 0.25) is 5.15 Å². The largest absolute Gasteiger partial charge is 0.475 e. The second kappa shape index (κ2) is 5.25. The highest BCUT2D eigenvalue weighted by Crippen LogP contribution is 2.39. The molecule has 0 unspecified atom stereocenters. The van der Waals surface area contributed by atoms with Gasteiger partial charge in [-0.1, -0.05) is 11.6 Å². The Kier molecular flexibility index (Phi) is 4.02. The summed E-state index contributed by atoms with van der Waals surface area (Å²) in [5, 5.41) is 0.509. The zero-order valence-corrected chi connectivity index (χ0v) is 13.1. The number of nitrogens with zero attached hydrogens (tertiary/aromatic N) is 3. The van der Waals surface area contributed by atoms with Crippen LogP contribution in [-0.4, -0.2) is 41.1 Å². The normalized spacial score (nSPS) is 15.9. The number of rotatable bonds is 5. The van der Waals surface area contributed by atoms with Crippen molar-refractivity contribution in [1.82, 2.24) is 14.9 Å². The van der Waals surface area contributed by atoms with E-state index in [1.807, 2.05) is 21.0 Å². The lowest BCUT2D eigenvalue weighted by atomic mass is 10.1. The molecule has 0 aliphatic heterocycles. The van der Waals surface area contributed by atoms with E-state index in [1.165, 1.54) is 0 Å². The Morgan fingerprint density at radius 3 is 2.47 bits per heavy atom. The summed E-state index contributed by atoms with van der Waals surface area (Å²) in [5.74, 6) is 1.92. The predicted octanol–water partition coefficient (Wildman–Crippen LogP) is 3.03. The van der Waals surface area contributed by atoms with Gasteiger partial charge < -0.3 is 9.64 Å². The minimum absolute atomic E-state index is 0.0520. The van der Waals surface area contributed by atoms with E-state index in [-0.39, 0.29) is 5.54 Å². The third-order valence-corrected chi connectivity index (χ3v) is 4.14. The summed E-state index contributed by atoms with van der Waals surface area (Å²) in [5.41, 5.74) is 0.768. The molecule has 0 saturated heterocycles. The van der Waals surface area contributed by atoms with Crippen molar-refractivity contribution in [3.05, 3.63) is 16.5 Å². The first kappa shape index (κ1) is 14.5. The Bertz CT molecular complexity index is 470. The van der Waals surface area contributed by atoms with Gasteiger partial charge in [-0.3, -0.25) is 0 Å². The van der Waals surface area contributed by atoms with Gasteiger partial charge in [0.25, 0.3) is 0 Å². The maximum Gasteiger partial charge on any atom is 0.221 e. The van der Waals surface area contributed by atoms with Crippen molar-refractivity contribution in [2.45, 2.75) is 45.1 Å². The van der Waals surface area contributed by atoms with Crippen LogP contribution in [0, 0.1) is 6.92 Å². The first-order valence-corrected chi connectivity index (χ1v) is 7.03. The van der Waals surface area contributed by atoms with Gasteiger partial charge in [0.05, 0.1) is 0 Å². The average Bonchev–Trinajstić information content (AvgIpc) is 3.14. The van der Waals surface area contributed by atoms with Crippen molar-refractivity contribution >= 4 is 11.6 Å². The summed E-state index contributed by atoms with van der Waals surface area (Å²) in [6, 6.07) is 0. The molecule has 0 spiro atoms. The quantitative estimate of drug-likeness (QED) is 0.779. The SMILES string of the molecule is Cc1c(Cl)nc(C2CC2)nc1OCC(C)(C)N(C)C. The molecule has 0 bridgehead atoms. The van der Waals surface area contributed by atoms with E-state index in [0.717, 1.165) is 24.2 Å². The van der Waals surface area contributed by atoms with Crippen LogP contribution in [0.1, 0.15) is 44.0 Å². The van der Waals surface area contributed by atoms with Crippen molar-refractivity contribution in [2.75, 3.05) is 20.7 Å². The number of halogens is 1. The van der Waals surface area contributed by atoms with Gasteiger partial charge in [-0.25, -0.2) is 4.98 Å². The zero-order chi connectivity index (χ0) is 14.2. The first-order chi connectivity index (χ1) is 8.81. The molecule has 1 aliphatic carbocycles. The number of ether oxygens (including phenoxy) is 1. The van der Waals surface area contributed by atoms with E-state index in [9.17, 15) is 0 Å². The molecule has 2 rings (SSSR count). The van der Waals surface area contributed by atoms with Crippen molar-refractivity contribution in [3.8, 4) is 5.88 Å². The lowest BCUT2D eigenvalue weighted by molar-refractivity contribution is 0.110. The fraction of sp³-hybridized carbons (Fsp3) is 0.714. The summed E-state index contributed by atoms with van der Waals surface area (Å²) >= 11 is 6.16. The lowest BCUT2D eigenvalue weighted by Crippen LogP contribution is -2.43. The second-order valence-electron chi connectivity index (χ2n) is 6.07. The average molecular weight is 284 g/mol. The van der Waals surface area contributed by atoms with Crippen molar-refractivity contribution in [3.63, 3.8) is 0 Å². The molecule has 4 nitrogen and oxygen atoms in total. The van der Waals surface area contributed by atoms with E-state index < -0.39 is 0 Å². The molecule has 0 N–H and O–H groups in total. The summed E-state index contributed by atoms with van der Waals surface area (Å²) in [7, 11) is 4.08. The molecule has 0 aromatic carbocycles. The Morgan fingerprint density at radius 2 is 1.95 bits per heavy atom. The smallest absolute Gasteiger partial charge is 0.221 e. The Labute approximate surface area is 120 Å². The molecule has 0 atom stereocenters. The van der Waals surface area contributed by atoms with Crippen molar-refractivity contribution in [1.29, 1.82) is 0 Å². The fourth-order valence-corrected chi connectivity index (χ4v) is 1.69. The third-order valence-electron chi connectivity index (χ3n) is 3.77. The summed E-state index contributed by atoms with van der Waals surface area (Å²) < 4.78 is 5.89. The van der Waals surface area contributed by atoms with E-state index >= 15 is 0 Å². The highest BCUT2D eigenvalue weighted by atomic mass is 35.5. The van der Waals surface area contributed by atoms with Crippen LogP contribution in [0.25, 0.3) is 0 Å². The second-order valence-corrected chi connectivity index (χ2v) is 6.43. The first-order valence-electron chi connectivity index (χ1n) is 6.65. The van der Waals surface area contributed by atoms with Gasteiger partial charge in [-0.2, -0.15) is 4.98 Å². The highest BCUT2D eigenvalue weighted by molar-refractivity contribution is 6.30. The molecule has 1 aromatic rings. The predicted molar refractivity (Wildman–Crippen MR) is 77.0 cm³/mol. The number of hydrogen-bond acceptors (Lipinski definition) is 4. The summed E-state index contributed by atoms with van der Waals surface area (Å²) in [6.45, 7) is 6.73. The molecule has 106 valence electrons. The molecule has 0 radical (unpaired) electrons. The van der Waals surface area contributed by atoms with Gasteiger partial charge in [0, 0.05) is 17.0 Å². The highest BCUT2D eigenvalue weighted by Gasteiger charge is 2.29. The third kappa shape index (κ3) is 3.37. The molecular weight excluding hydrogens is 262 g/mol. The van der Waals surface area contributed by atoms with Gasteiger partial charge in [0.1, 0.15) is 17.6 Å². The minimum Gasteiger partial charge on any atom is -0.475 e. The van der Waals surface area contributed by atoms with E-state index in [1.54, 1.807) is 0 Å². The lowest BCUT2D eigenvalue weighted by Gasteiger charge is -2.32. The maximum absolute atomic E-state index is 6.16. The van der Waals surface area contributed by atoms with Crippen molar-refractivity contribution < 1.29 is 4.74 Å². The zero-order valence-electron chi connectivity index (χ0n) is 12.3. The maximum atomic E-state index is 6.16. The number of likely N-dealkylation sites (N-methyl/N-ethyl adjacent to an activating group) is 1. The van der Waals surface area contributed by atoms with Gasteiger partial charge in [0.2, 0.25) is 5.88 Å². The number of aromatic nitrogens is 2. The molecule has 1 aromatic heterocycles. The Balaban J connectivity index is 2.15. The van der Waals surface area contributed by atoms with Crippen molar-refractivity contribution in [2.24, 2.45) is 0 Å². The van der Waals surface area contributed by atoms with Crippen LogP contribution in [0.4, 0.5) is 0 Å². The van der Waals surface area contributed by atoms with Gasteiger partial charge in [0.15, 0.2) is 0 Å². The van der Waals surface area contributed by atoms with Gasteiger partial charge in [-0.15, -0.1) is 0 Å². The molecule has 19 heavy (non-hydrogen) atoms. The summed E-state index contributed by atoms with van der Waals surface area (Å²) in [6.07, 6.45) is 2.31. The fourth-order valence-electron chi connectivity index (χ4n) is 1.52. The van der Waals surface area contributed by atoms with Crippen LogP contribution < -0.4 is 4.74 Å². The topological polar surface area (TPSA) is 38.3 Å². The molecule has 1 fully saturated rings. The number of hydrogen-bond donors (Lipinski definition) is 0. The van der Waals surface area contributed by atoms with E-state index in [0.29, 0.717) is 23.6 Å². The Hall–Kier alpha value is -0.870. The standard InChI is InChI=1S/C14H22ClN3O/c1-9-11(15)16-12(10-6-7-10)17-13(9)19-8-14(2,3)18(4)5/h10H,6-8H2,1-5H3. The Morgan fingerprint density at radius 1 is 1.32 bits per heavy atom. The van der Waals surface area contributed by atoms with E-state index in [2.05, 4.69) is 28.7 Å². The molecular formula is C14H22ClN3O. The molecule has 1 heterocycles.